The van der Waals surface area contributed by atoms with Gasteiger partial charge in [-0.05, 0) is 26.0 Å². The zero-order valence-corrected chi connectivity index (χ0v) is 9.73. The maximum absolute atomic E-state index is 12.3. The molecule has 4 nitrogen and oxygen atoms in total. The lowest BCUT2D eigenvalue weighted by Crippen LogP contribution is -2.41. The molecule has 0 aliphatic carbocycles. The molecule has 86 valence electrons. The number of pyridine rings is 1. The molecule has 1 N–H and O–H groups in total. The Bertz CT molecular complexity index is 375. The van der Waals surface area contributed by atoms with Gasteiger partial charge in [0.25, 0.3) is 0 Å². The van der Waals surface area contributed by atoms with Crippen molar-refractivity contribution in [3.8, 4) is 0 Å². The highest BCUT2D eigenvalue weighted by atomic mass is 16.2. The Morgan fingerprint density at radius 2 is 2.06 bits per heavy atom. The number of carbonyl (C=O) groups excluding carboxylic acids is 1. The summed E-state index contributed by atoms with van der Waals surface area (Å²) < 4.78 is 0. The summed E-state index contributed by atoms with van der Waals surface area (Å²) in [4.78, 5) is 18.1. The van der Waals surface area contributed by atoms with Crippen LogP contribution in [0.4, 0.5) is 5.69 Å². The smallest absolute Gasteiger partial charge is 0.233 e. The van der Waals surface area contributed by atoms with Crippen LogP contribution in [0.2, 0.25) is 0 Å². The second kappa shape index (κ2) is 4.22. The molecule has 1 aromatic heterocycles. The molecule has 0 radical (unpaired) electrons. The molecule has 4 heteroatoms. The van der Waals surface area contributed by atoms with Crippen molar-refractivity contribution in [2.45, 2.75) is 13.8 Å². The van der Waals surface area contributed by atoms with Gasteiger partial charge in [-0.1, -0.05) is 0 Å². The van der Waals surface area contributed by atoms with E-state index in [9.17, 15) is 4.79 Å². The average molecular weight is 219 g/mol. The number of aromatic nitrogens is 1. The Labute approximate surface area is 95.7 Å². The van der Waals surface area contributed by atoms with Gasteiger partial charge in [0.2, 0.25) is 5.91 Å². The lowest BCUT2D eigenvalue weighted by molar-refractivity contribution is -0.125. The lowest BCUT2D eigenvalue weighted by Gasteiger charge is -2.28. The third-order valence-corrected chi connectivity index (χ3v) is 2.88. The van der Waals surface area contributed by atoms with Crippen molar-refractivity contribution in [3.05, 3.63) is 24.5 Å². The van der Waals surface area contributed by atoms with E-state index in [1.54, 1.807) is 12.4 Å². The van der Waals surface area contributed by atoms with E-state index in [0.29, 0.717) is 6.54 Å². The fourth-order valence-electron chi connectivity index (χ4n) is 1.90. The molecular weight excluding hydrogens is 202 g/mol. The van der Waals surface area contributed by atoms with Gasteiger partial charge in [0, 0.05) is 37.7 Å². The second-order valence-electron chi connectivity index (χ2n) is 4.72. The van der Waals surface area contributed by atoms with Crippen LogP contribution in [0.15, 0.2) is 24.5 Å². The quantitative estimate of drug-likeness (QED) is 0.767. The van der Waals surface area contributed by atoms with Gasteiger partial charge in [-0.25, -0.2) is 0 Å². The van der Waals surface area contributed by atoms with Gasteiger partial charge in [0.1, 0.15) is 0 Å². The van der Waals surface area contributed by atoms with Crippen molar-refractivity contribution in [1.82, 2.24) is 10.3 Å². The lowest BCUT2D eigenvalue weighted by atomic mass is 9.92. The van der Waals surface area contributed by atoms with E-state index in [-0.39, 0.29) is 11.3 Å². The van der Waals surface area contributed by atoms with Crippen LogP contribution in [-0.2, 0) is 4.79 Å². The third kappa shape index (κ3) is 2.07. The minimum absolute atomic E-state index is 0.170. The Morgan fingerprint density at radius 3 is 2.75 bits per heavy atom. The number of hydrogen-bond donors (Lipinski definition) is 1. The summed E-state index contributed by atoms with van der Waals surface area (Å²) in [5.74, 6) is 0.170. The van der Waals surface area contributed by atoms with Crippen molar-refractivity contribution < 1.29 is 4.79 Å². The summed E-state index contributed by atoms with van der Waals surface area (Å²) in [5, 5.41) is 3.29. The molecule has 1 saturated heterocycles. The van der Waals surface area contributed by atoms with E-state index < -0.39 is 0 Å². The first-order valence-electron chi connectivity index (χ1n) is 5.54. The maximum Gasteiger partial charge on any atom is 0.233 e. The number of anilines is 1. The third-order valence-electron chi connectivity index (χ3n) is 2.88. The van der Waals surface area contributed by atoms with Gasteiger partial charge in [-0.15, -0.1) is 0 Å². The van der Waals surface area contributed by atoms with Crippen LogP contribution in [0.3, 0.4) is 0 Å². The van der Waals surface area contributed by atoms with Crippen LogP contribution in [0, 0.1) is 5.41 Å². The molecule has 1 aromatic rings. The summed E-state index contributed by atoms with van der Waals surface area (Å²) in [5.41, 5.74) is 0.580. The molecule has 2 heterocycles. The van der Waals surface area contributed by atoms with Gasteiger partial charge >= 0.3 is 0 Å². The number of carbonyl (C=O) groups is 1. The van der Waals surface area contributed by atoms with E-state index in [0.717, 1.165) is 18.8 Å². The molecule has 1 aliphatic rings. The fourth-order valence-corrected chi connectivity index (χ4v) is 1.90. The highest BCUT2D eigenvalue weighted by Crippen LogP contribution is 2.24. The summed E-state index contributed by atoms with van der Waals surface area (Å²) >= 11 is 0. The molecule has 0 unspecified atom stereocenters. The molecule has 1 fully saturated rings. The number of rotatable bonds is 1. The monoisotopic (exact) mass is 219 g/mol. The number of hydrogen-bond acceptors (Lipinski definition) is 3. The molecule has 2 rings (SSSR count). The minimum atomic E-state index is -0.347. The molecule has 0 spiro atoms. The highest BCUT2D eigenvalue weighted by Gasteiger charge is 2.34. The average Bonchev–Trinajstić information content (AvgIpc) is 2.41. The second-order valence-corrected chi connectivity index (χ2v) is 4.72. The summed E-state index contributed by atoms with van der Waals surface area (Å²) in [6, 6.07) is 3.75. The Morgan fingerprint density at radius 1 is 1.38 bits per heavy atom. The van der Waals surface area contributed by atoms with Gasteiger partial charge < -0.3 is 10.2 Å². The summed E-state index contributed by atoms with van der Waals surface area (Å²) in [7, 11) is 0. The van der Waals surface area contributed by atoms with E-state index in [2.05, 4.69) is 10.3 Å². The van der Waals surface area contributed by atoms with Crippen molar-refractivity contribution in [3.63, 3.8) is 0 Å². The van der Waals surface area contributed by atoms with Crippen LogP contribution >= 0.6 is 0 Å². The minimum Gasteiger partial charge on any atom is -0.314 e. The van der Waals surface area contributed by atoms with Crippen molar-refractivity contribution >= 4 is 11.6 Å². The van der Waals surface area contributed by atoms with Crippen molar-refractivity contribution in [2.24, 2.45) is 5.41 Å². The predicted octanol–water partition coefficient (Wildman–Crippen LogP) is 1.04. The first-order chi connectivity index (χ1) is 7.61. The summed E-state index contributed by atoms with van der Waals surface area (Å²) in [6.07, 6.45) is 3.43. The van der Waals surface area contributed by atoms with Crippen LogP contribution in [0.1, 0.15) is 13.8 Å². The Balaban J connectivity index is 2.30. The zero-order valence-electron chi connectivity index (χ0n) is 9.73. The van der Waals surface area contributed by atoms with E-state index >= 15 is 0 Å². The first kappa shape index (κ1) is 11.1. The first-order valence-corrected chi connectivity index (χ1v) is 5.54. The largest absolute Gasteiger partial charge is 0.314 e. The molecule has 1 aliphatic heterocycles. The zero-order chi connectivity index (χ0) is 11.6. The van der Waals surface area contributed by atoms with E-state index in [1.807, 2.05) is 30.9 Å². The number of nitrogens with zero attached hydrogens (tertiary/aromatic N) is 2. The summed E-state index contributed by atoms with van der Waals surface area (Å²) in [6.45, 7) is 6.22. The molecule has 1 amide bonds. The van der Waals surface area contributed by atoms with Gasteiger partial charge in [0.05, 0.1) is 5.41 Å². The van der Waals surface area contributed by atoms with E-state index in [1.165, 1.54) is 0 Å². The molecule has 0 saturated carbocycles. The van der Waals surface area contributed by atoms with Gasteiger partial charge in [-0.3, -0.25) is 9.78 Å². The number of amides is 1. The predicted molar refractivity (Wildman–Crippen MR) is 63.2 cm³/mol. The fraction of sp³-hybridized carbons (Fsp3) is 0.500. The van der Waals surface area contributed by atoms with Gasteiger partial charge in [0.15, 0.2) is 0 Å². The van der Waals surface area contributed by atoms with Crippen molar-refractivity contribution in [2.75, 3.05) is 24.5 Å². The molecule has 0 aromatic carbocycles. The molecule has 0 bridgehead atoms. The van der Waals surface area contributed by atoms with Crippen LogP contribution in [-0.4, -0.2) is 30.5 Å². The SMILES string of the molecule is CC1(C)CNCCN(c2ccncc2)C1=O. The van der Waals surface area contributed by atoms with Crippen LogP contribution in [0.25, 0.3) is 0 Å². The molecule has 0 atom stereocenters. The van der Waals surface area contributed by atoms with Gasteiger partial charge in [-0.2, -0.15) is 0 Å². The maximum atomic E-state index is 12.3. The van der Waals surface area contributed by atoms with Crippen LogP contribution < -0.4 is 10.2 Å². The standard InChI is InChI=1S/C12H17N3O/c1-12(2)9-14-7-8-15(11(12)16)10-3-5-13-6-4-10/h3-6,14H,7-9H2,1-2H3. The van der Waals surface area contributed by atoms with Crippen molar-refractivity contribution in [1.29, 1.82) is 0 Å². The highest BCUT2D eigenvalue weighted by molar-refractivity contribution is 5.97. The molecular formula is C12H17N3O. The number of nitrogens with one attached hydrogen (secondary N) is 1. The Kier molecular flexibility index (Phi) is 2.92. The van der Waals surface area contributed by atoms with E-state index in [4.69, 9.17) is 0 Å². The Hall–Kier alpha value is -1.42. The normalized spacial score (nSPS) is 20.6. The topological polar surface area (TPSA) is 45.2 Å². The van der Waals surface area contributed by atoms with Crippen LogP contribution in [0.5, 0.6) is 0 Å². The molecule has 16 heavy (non-hydrogen) atoms.